The van der Waals surface area contributed by atoms with Crippen LogP contribution < -0.4 is 19.9 Å². The number of ether oxygens (including phenoxy) is 2. The number of nitrogens with zero attached hydrogens (tertiary/aromatic N) is 3. The molecule has 1 aromatic carbocycles. The van der Waals surface area contributed by atoms with Crippen LogP contribution in [0.15, 0.2) is 23.0 Å². The van der Waals surface area contributed by atoms with Crippen LogP contribution in [0, 0.1) is 25.2 Å². The zero-order valence-corrected chi connectivity index (χ0v) is 16.2. The van der Waals surface area contributed by atoms with Gasteiger partial charge in [-0.15, -0.1) is 0 Å². The summed E-state index contributed by atoms with van der Waals surface area (Å²) in [7, 11) is 3.29. The maximum atomic E-state index is 12.6. The van der Waals surface area contributed by atoms with Crippen molar-refractivity contribution in [3.8, 4) is 17.6 Å². The molecule has 0 radical (unpaired) electrons. The Morgan fingerprint density at radius 1 is 1.33 bits per heavy atom. The van der Waals surface area contributed by atoms with Crippen molar-refractivity contribution in [3.05, 3.63) is 50.9 Å². The largest absolute Gasteiger partial charge is 0.497 e. The van der Waals surface area contributed by atoms with Crippen LogP contribution in [0.1, 0.15) is 41.3 Å². The molecule has 0 amide bonds. The second kappa shape index (κ2) is 7.80. The lowest BCUT2D eigenvalue weighted by Crippen LogP contribution is -3.10. The van der Waals surface area contributed by atoms with Crippen LogP contribution in [0.4, 0.5) is 0 Å². The summed E-state index contributed by atoms with van der Waals surface area (Å²) in [6, 6.07) is 8.08. The molecule has 142 valence electrons. The van der Waals surface area contributed by atoms with E-state index in [2.05, 4.69) is 5.10 Å². The monoisotopic (exact) mass is 369 g/mol. The Balaban J connectivity index is 1.94. The third kappa shape index (κ3) is 3.53. The number of rotatable bonds is 5. The molecular weight excluding hydrogens is 344 g/mol. The second-order valence-corrected chi connectivity index (χ2v) is 6.87. The lowest BCUT2D eigenvalue weighted by atomic mass is 10.0. The number of aromatic nitrogens is 2. The Hall–Kier alpha value is -2.85. The number of hydrogen-bond donors (Lipinski definition) is 1. The summed E-state index contributed by atoms with van der Waals surface area (Å²) in [5.41, 5.74) is 2.33. The zero-order valence-electron chi connectivity index (χ0n) is 16.2. The molecule has 7 heteroatoms. The highest BCUT2D eigenvalue weighted by atomic mass is 16.5. The Kier molecular flexibility index (Phi) is 5.47. The van der Waals surface area contributed by atoms with Gasteiger partial charge in [-0.3, -0.25) is 4.79 Å². The normalized spacial score (nSPS) is 18.9. The topological polar surface area (TPSA) is 81.6 Å². The zero-order chi connectivity index (χ0) is 19.6. The Labute approximate surface area is 158 Å². The summed E-state index contributed by atoms with van der Waals surface area (Å²) in [5, 5.41) is 13.8. The first-order chi connectivity index (χ1) is 13.0. The molecule has 1 fully saturated rings. The van der Waals surface area contributed by atoms with Gasteiger partial charge in [-0.1, -0.05) is 0 Å². The van der Waals surface area contributed by atoms with E-state index in [9.17, 15) is 10.1 Å². The predicted octanol–water partition coefficient (Wildman–Crippen LogP) is 1.13. The van der Waals surface area contributed by atoms with Crippen LogP contribution in [0.2, 0.25) is 0 Å². The molecule has 0 saturated carbocycles. The molecule has 1 aliphatic heterocycles. The standard InChI is InChI=1S/C20H24N4O3/c1-13-14(2)22-24(20(25)17(13)11-21)12-23-9-5-6-18(23)16-8-7-15(26-3)10-19(16)27-4/h7-8,10,18H,5-6,9,12H2,1-4H3/p+1/t18-/m1/s1. The van der Waals surface area contributed by atoms with Crippen LogP contribution in [0.5, 0.6) is 11.5 Å². The quantitative estimate of drug-likeness (QED) is 0.854. The lowest BCUT2D eigenvalue weighted by Gasteiger charge is -2.24. The summed E-state index contributed by atoms with van der Waals surface area (Å²) in [4.78, 5) is 13.9. The highest BCUT2D eigenvalue weighted by Crippen LogP contribution is 2.31. The van der Waals surface area contributed by atoms with Crippen molar-refractivity contribution in [1.82, 2.24) is 9.78 Å². The van der Waals surface area contributed by atoms with Gasteiger partial charge in [-0.25, -0.2) is 0 Å². The predicted molar refractivity (Wildman–Crippen MR) is 100 cm³/mol. The molecule has 1 aromatic heterocycles. The smallest absolute Gasteiger partial charge is 0.289 e. The fraction of sp³-hybridized carbons (Fsp3) is 0.450. The first kappa shape index (κ1) is 18.9. The third-order valence-corrected chi connectivity index (χ3v) is 5.40. The third-order valence-electron chi connectivity index (χ3n) is 5.40. The summed E-state index contributed by atoms with van der Waals surface area (Å²) in [5.74, 6) is 1.54. The number of hydrogen-bond acceptors (Lipinski definition) is 5. The Bertz CT molecular complexity index is 945. The van der Waals surface area contributed by atoms with Gasteiger partial charge in [-0.2, -0.15) is 15.0 Å². The summed E-state index contributed by atoms with van der Waals surface area (Å²) in [6.45, 7) is 4.95. The molecule has 7 nitrogen and oxygen atoms in total. The van der Waals surface area contributed by atoms with Crippen molar-refractivity contribution in [2.45, 2.75) is 39.4 Å². The first-order valence-corrected chi connectivity index (χ1v) is 9.05. The first-order valence-electron chi connectivity index (χ1n) is 9.05. The number of nitriles is 1. The molecular formula is C20H25N4O3+. The van der Waals surface area contributed by atoms with E-state index in [0.29, 0.717) is 17.9 Å². The van der Waals surface area contributed by atoms with E-state index in [0.717, 1.165) is 36.4 Å². The molecule has 0 aliphatic carbocycles. The van der Waals surface area contributed by atoms with Crippen LogP contribution in [-0.4, -0.2) is 30.5 Å². The highest BCUT2D eigenvalue weighted by Gasteiger charge is 2.33. The van der Waals surface area contributed by atoms with Gasteiger partial charge in [0.2, 0.25) is 0 Å². The lowest BCUT2D eigenvalue weighted by molar-refractivity contribution is -0.941. The second-order valence-electron chi connectivity index (χ2n) is 6.87. The van der Waals surface area contributed by atoms with Gasteiger partial charge < -0.3 is 14.4 Å². The van der Waals surface area contributed by atoms with Crippen molar-refractivity contribution in [2.75, 3.05) is 20.8 Å². The molecule has 1 N–H and O–H groups in total. The number of aryl methyl sites for hydroxylation is 1. The maximum absolute atomic E-state index is 12.6. The summed E-state index contributed by atoms with van der Waals surface area (Å²) in [6.07, 6.45) is 2.06. The maximum Gasteiger partial charge on any atom is 0.289 e. The van der Waals surface area contributed by atoms with Gasteiger partial charge in [0.05, 0.1) is 32.0 Å². The van der Waals surface area contributed by atoms with Crippen LogP contribution in [0.3, 0.4) is 0 Å². The fourth-order valence-corrected chi connectivity index (χ4v) is 3.79. The molecule has 1 aliphatic rings. The van der Waals surface area contributed by atoms with E-state index in [4.69, 9.17) is 9.47 Å². The van der Waals surface area contributed by atoms with E-state index in [-0.39, 0.29) is 17.2 Å². The van der Waals surface area contributed by atoms with Crippen molar-refractivity contribution >= 4 is 0 Å². The van der Waals surface area contributed by atoms with Crippen molar-refractivity contribution < 1.29 is 14.4 Å². The molecule has 3 rings (SSSR count). The van der Waals surface area contributed by atoms with E-state index in [1.165, 1.54) is 9.58 Å². The minimum absolute atomic E-state index is 0.180. The van der Waals surface area contributed by atoms with Gasteiger partial charge >= 0.3 is 0 Å². The van der Waals surface area contributed by atoms with Crippen LogP contribution in [-0.2, 0) is 6.67 Å². The molecule has 0 spiro atoms. The van der Waals surface area contributed by atoms with E-state index < -0.39 is 0 Å². The summed E-state index contributed by atoms with van der Waals surface area (Å²) < 4.78 is 12.3. The van der Waals surface area contributed by atoms with Crippen molar-refractivity contribution in [3.63, 3.8) is 0 Å². The molecule has 0 bridgehead atoms. The van der Waals surface area contributed by atoms with Gasteiger partial charge in [0, 0.05) is 18.9 Å². The highest BCUT2D eigenvalue weighted by molar-refractivity contribution is 5.42. The SMILES string of the molecule is COc1ccc([C@H]2CCC[NH+]2Cn2nc(C)c(C)c(C#N)c2=O)c(OC)c1. The summed E-state index contributed by atoms with van der Waals surface area (Å²) >= 11 is 0. The minimum atomic E-state index is -0.319. The van der Waals surface area contributed by atoms with Crippen LogP contribution in [0.25, 0.3) is 0 Å². The van der Waals surface area contributed by atoms with E-state index in [1.54, 1.807) is 21.1 Å². The average Bonchev–Trinajstić information content (AvgIpc) is 3.14. The number of likely N-dealkylation sites (tertiary alicyclic amines) is 1. The fourth-order valence-electron chi connectivity index (χ4n) is 3.79. The molecule has 1 saturated heterocycles. The van der Waals surface area contributed by atoms with Crippen molar-refractivity contribution in [1.29, 1.82) is 5.26 Å². The minimum Gasteiger partial charge on any atom is -0.497 e. The number of benzene rings is 1. The molecule has 2 aromatic rings. The van der Waals surface area contributed by atoms with Gasteiger partial charge in [-0.05, 0) is 31.5 Å². The van der Waals surface area contributed by atoms with Crippen LogP contribution >= 0.6 is 0 Å². The van der Waals surface area contributed by atoms with Gasteiger partial charge in [0.15, 0.2) is 6.67 Å². The van der Waals surface area contributed by atoms with Gasteiger partial charge in [0.1, 0.15) is 29.2 Å². The molecule has 2 heterocycles. The average molecular weight is 369 g/mol. The van der Waals surface area contributed by atoms with E-state index >= 15 is 0 Å². The van der Waals surface area contributed by atoms with Gasteiger partial charge in [0.25, 0.3) is 5.56 Å². The molecule has 27 heavy (non-hydrogen) atoms. The number of quaternary nitrogens is 1. The van der Waals surface area contributed by atoms with E-state index in [1.807, 2.05) is 31.2 Å². The molecule has 2 atom stereocenters. The Morgan fingerprint density at radius 3 is 2.78 bits per heavy atom. The molecule has 1 unspecified atom stereocenters. The Morgan fingerprint density at radius 2 is 2.11 bits per heavy atom. The van der Waals surface area contributed by atoms with Crippen molar-refractivity contribution in [2.24, 2.45) is 0 Å². The number of nitrogens with one attached hydrogen (secondary N) is 1. The number of methoxy groups -OCH3 is 2.